The van der Waals surface area contributed by atoms with E-state index in [1.165, 1.54) is 167 Å². The number of aliphatic hydroxyl groups excluding tert-OH is 7. The van der Waals surface area contributed by atoms with E-state index < -0.39 is 74.2 Å². The number of nitrogens with one attached hydrogen (secondary N) is 1. The molecule has 0 bridgehead atoms. The number of amides is 1. The van der Waals surface area contributed by atoms with Crippen LogP contribution in [0.2, 0.25) is 0 Å². The van der Waals surface area contributed by atoms with E-state index in [9.17, 15) is 40.5 Å². The van der Waals surface area contributed by atoms with Crippen LogP contribution in [0.5, 0.6) is 0 Å². The van der Waals surface area contributed by atoms with Crippen molar-refractivity contribution >= 4 is 5.91 Å². The monoisotopic (exact) mass is 914 g/mol. The van der Waals surface area contributed by atoms with E-state index in [0.29, 0.717) is 12.8 Å². The lowest BCUT2D eigenvalue weighted by atomic mass is 9.98. The van der Waals surface area contributed by atoms with Gasteiger partial charge in [0.15, 0.2) is 6.29 Å². The molecule has 0 spiro atoms. The minimum absolute atomic E-state index is 0.258. The van der Waals surface area contributed by atoms with Crippen LogP contribution in [0, 0.1) is 0 Å². The number of hydrogen-bond acceptors (Lipinski definition) is 10. The molecular weight excluding hydrogens is 811 g/mol. The summed E-state index contributed by atoms with van der Waals surface area (Å²) in [4.78, 5) is 13.1. The molecule has 1 saturated heterocycles. The minimum Gasteiger partial charge on any atom is -0.394 e. The van der Waals surface area contributed by atoms with Crippen LogP contribution >= 0.6 is 0 Å². The van der Waals surface area contributed by atoms with E-state index in [1.807, 2.05) is 0 Å². The Kier molecular flexibility index (Phi) is 41.0. The quantitative estimate of drug-likeness (QED) is 0.0216. The fraction of sp³-hybridized carbons (Fsp3) is 0.943. The molecule has 0 aromatic heterocycles. The van der Waals surface area contributed by atoms with Gasteiger partial charge in [0.25, 0.3) is 0 Å². The highest BCUT2D eigenvalue weighted by Gasteiger charge is 2.44. The van der Waals surface area contributed by atoms with Crippen LogP contribution in [0.1, 0.15) is 251 Å². The van der Waals surface area contributed by atoms with Gasteiger partial charge < -0.3 is 50.5 Å². The molecule has 0 radical (unpaired) electrons. The van der Waals surface area contributed by atoms with Gasteiger partial charge in [0, 0.05) is 0 Å². The van der Waals surface area contributed by atoms with Gasteiger partial charge in [-0.2, -0.15) is 0 Å². The highest BCUT2D eigenvalue weighted by molar-refractivity contribution is 5.80. The average Bonchev–Trinajstić information content (AvgIpc) is 3.29. The zero-order valence-corrected chi connectivity index (χ0v) is 41.3. The first-order chi connectivity index (χ1) is 31.2. The summed E-state index contributed by atoms with van der Waals surface area (Å²) in [5.41, 5.74) is 0. The third-order valence-corrected chi connectivity index (χ3v) is 13.3. The van der Waals surface area contributed by atoms with Gasteiger partial charge in [-0.3, -0.25) is 4.79 Å². The Balaban J connectivity index is 2.14. The van der Waals surface area contributed by atoms with Crippen molar-refractivity contribution in [2.75, 3.05) is 13.2 Å². The van der Waals surface area contributed by atoms with Crippen molar-refractivity contribution in [1.82, 2.24) is 5.32 Å². The van der Waals surface area contributed by atoms with Crippen LogP contribution in [-0.2, 0) is 14.3 Å². The first-order valence-corrected chi connectivity index (χ1v) is 27.1. The van der Waals surface area contributed by atoms with Crippen molar-refractivity contribution in [3.63, 3.8) is 0 Å². The molecule has 1 heterocycles. The van der Waals surface area contributed by atoms with Gasteiger partial charge in [0.1, 0.15) is 36.6 Å². The molecule has 1 aliphatic rings. The SMILES string of the molecule is CCCC/C=C/CCCC(O)C(O)C(COC1OC(CO)C(O)C(O)C1O)NC(=O)C(O)CCCCCCCCCCCCCCCCCCCCCCCCCCCCCCCC. The van der Waals surface area contributed by atoms with Crippen LogP contribution in [0.15, 0.2) is 12.2 Å². The normalized spacial score (nSPS) is 21.0. The number of rotatable bonds is 46. The van der Waals surface area contributed by atoms with E-state index in [4.69, 9.17) is 9.47 Å². The standard InChI is InChI=1S/C53H103NO10/c1-3-5-7-9-11-12-13-14-15-16-17-18-19-20-21-22-23-24-25-26-27-28-29-30-31-32-33-35-37-39-41-46(57)52(62)54-44(48(58)45(56)40-38-36-34-10-8-6-4-2)43-63-53-51(61)50(60)49(59)47(42-55)64-53/h10,34,44-51,53,55-61H,3-9,11-33,35-43H2,1-2H3,(H,54,62)/b34-10+. The molecule has 0 saturated carbocycles. The smallest absolute Gasteiger partial charge is 0.249 e. The van der Waals surface area contributed by atoms with Gasteiger partial charge in [-0.15, -0.1) is 0 Å². The molecule has 0 aromatic carbocycles. The molecular formula is C53H103NO10. The predicted octanol–water partition coefficient (Wildman–Crippen LogP) is 10.4. The third-order valence-electron chi connectivity index (χ3n) is 13.3. The first-order valence-electron chi connectivity index (χ1n) is 27.1. The topological polar surface area (TPSA) is 189 Å². The molecule has 1 aliphatic heterocycles. The second-order valence-electron chi connectivity index (χ2n) is 19.3. The second-order valence-corrected chi connectivity index (χ2v) is 19.3. The summed E-state index contributed by atoms with van der Waals surface area (Å²) in [5.74, 6) is -0.706. The van der Waals surface area contributed by atoms with Gasteiger partial charge in [0.2, 0.25) is 5.91 Å². The van der Waals surface area contributed by atoms with E-state index in [-0.39, 0.29) is 12.8 Å². The fourth-order valence-electron chi connectivity index (χ4n) is 8.84. The Morgan fingerprint density at radius 1 is 0.531 bits per heavy atom. The molecule has 1 fully saturated rings. The Bertz CT molecular complexity index is 1050. The zero-order chi connectivity index (χ0) is 46.9. The number of carbonyl (C=O) groups is 1. The molecule has 0 aliphatic carbocycles. The summed E-state index contributed by atoms with van der Waals surface area (Å²) in [6.45, 7) is 3.35. The van der Waals surface area contributed by atoms with Gasteiger partial charge >= 0.3 is 0 Å². The van der Waals surface area contributed by atoms with Gasteiger partial charge in [-0.05, 0) is 32.1 Å². The van der Waals surface area contributed by atoms with Crippen molar-refractivity contribution in [2.24, 2.45) is 0 Å². The van der Waals surface area contributed by atoms with E-state index in [0.717, 1.165) is 44.9 Å². The number of ether oxygens (including phenoxy) is 2. The van der Waals surface area contributed by atoms with E-state index in [1.54, 1.807) is 0 Å². The van der Waals surface area contributed by atoms with Crippen molar-refractivity contribution in [1.29, 1.82) is 0 Å². The Morgan fingerprint density at radius 2 is 0.922 bits per heavy atom. The second kappa shape index (κ2) is 43.2. The Labute approximate surface area is 392 Å². The first kappa shape index (κ1) is 60.9. The fourth-order valence-corrected chi connectivity index (χ4v) is 8.84. The number of allylic oxidation sites excluding steroid dienone is 2. The third kappa shape index (κ3) is 31.8. The van der Waals surface area contributed by atoms with Crippen molar-refractivity contribution in [3.05, 3.63) is 12.2 Å². The number of hydrogen-bond donors (Lipinski definition) is 8. The number of unbranched alkanes of at least 4 members (excludes halogenated alkanes) is 32. The molecule has 8 N–H and O–H groups in total. The highest BCUT2D eigenvalue weighted by atomic mass is 16.7. The van der Waals surface area contributed by atoms with Crippen LogP contribution in [0.4, 0.5) is 0 Å². The molecule has 11 nitrogen and oxygen atoms in total. The highest BCUT2D eigenvalue weighted by Crippen LogP contribution is 2.23. The molecule has 1 rings (SSSR count). The maximum absolute atomic E-state index is 13.1. The van der Waals surface area contributed by atoms with E-state index in [2.05, 4.69) is 31.3 Å². The lowest BCUT2D eigenvalue weighted by Gasteiger charge is -2.40. The summed E-state index contributed by atoms with van der Waals surface area (Å²) in [6, 6.07) is -1.18. The molecule has 1 amide bonds. The van der Waals surface area contributed by atoms with E-state index >= 15 is 0 Å². The molecule has 0 aromatic rings. The maximum atomic E-state index is 13.1. The number of carbonyl (C=O) groups excluding carboxylic acids is 1. The summed E-state index contributed by atoms with van der Waals surface area (Å²) in [5, 5.41) is 75.4. The van der Waals surface area contributed by atoms with Gasteiger partial charge in [-0.1, -0.05) is 231 Å². The van der Waals surface area contributed by atoms with Crippen LogP contribution in [0.25, 0.3) is 0 Å². The Morgan fingerprint density at radius 3 is 1.33 bits per heavy atom. The van der Waals surface area contributed by atoms with Crippen molar-refractivity contribution in [3.8, 4) is 0 Å². The lowest BCUT2D eigenvalue weighted by molar-refractivity contribution is -0.303. The summed E-state index contributed by atoms with van der Waals surface area (Å²) < 4.78 is 11.0. The van der Waals surface area contributed by atoms with Crippen LogP contribution < -0.4 is 5.32 Å². The minimum atomic E-state index is -1.66. The molecule has 64 heavy (non-hydrogen) atoms. The van der Waals surface area contributed by atoms with Crippen LogP contribution in [-0.4, -0.2) is 110 Å². The van der Waals surface area contributed by atoms with Crippen molar-refractivity contribution < 1.29 is 50.0 Å². The summed E-state index contributed by atoms with van der Waals surface area (Å²) >= 11 is 0. The number of aliphatic hydroxyl groups is 7. The summed E-state index contributed by atoms with van der Waals surface area (Å²) in [7, 11) is 0. The average molecular weight is 914 g/mol. The van der Waals surface area contributed by atoms with Crippen molar-refractivity contribution in [2.45, 2.75) is 306 Å². The van der Waals surface area contributed by atoms with Gasteiger partial charge in [-0.25, -0.2) is 0 Å². The molecule has 11 heteroatoms. The largest absolute Gasteiger partial charge is 0.394 e. The lowest BCUT2D eigenvalue weighted by Crippen LogP contribution is -2.60. The van der Waals surface area contributed by atoms with Crippen LogP contribution in [0.3, 0.4) is 0 Å². The maximum Gasteiger partial charge on any atom is 0.249 e. The summed E-state index contributed by atoms with van der Waals surface area (Å²) in [6.07, 6.45) is 37.7. The molecule has 9 unspecified atom stereocenters. The molecule has 9 atom stereocenters. The Hall–Kier alpha value is -1.15. The van der Waals surface area contributed by atoms with Gasteiger partial charge in [0.05, 0.1) is 25.4 Å². The predicted molar refractivity (Wildman–Crippen MR) is 261 cm³/mol. The molecule has 380 valence electrons. The zero-order valence-electron chi connectivity index (χ0n) is 41.3.